The van der Waals surface area contributed by atoms with Gasteiger partial charge in [0.2, 0.25) is 5.91 Å². The summed E-state index contributed by atoms with van der Waals surface area (Å²) in [5, 5.41) is 6.36. The molecule has 1 amide bonds. The topological polar surface area (TPSA) is 71.0 Å². The minimum absolute atomic E-state index is 0.0326. The number of alkyl halides is 3. The highest BCUT2D eigenvalue weighted by molar-refractivity contribution is 5.81. The summed E-state index contributed by atoms with van der Waals surface area (Å²) in [4.78, 5) is 14.1. The van der Waals surface area contributed by atoms with Crippen molar-refractivity contribution in [1.82, 2.24) is 4.90 Å². The van der Waals surface area contributed by atoms with E-state index in [1.807, 2.05) is 0 Å². The van der Waals surface area contributed by atoms with Gasteiger partial charge in [-0.3, -0.25) is 4.79 Å². The Hall–Kier alpha value is -1.96. The lowest BCUT2D eigenvalue weighted by atomic mass is 9.82. The number of hydrogen-bond acceptors (Lipinski definition) is 4. The zero-order valence-electron chi connectivity index (χ0n) is 16.3. The molecule has 0 saturated carbocycles. The minimum Gasteiger partial charge on any atom is -0.344 e. The number of hydrogen-bond donors (Lipinski definition) is 1. The summed E-state index contributed by atoms with van der Waals surface area (Å²) in [6.07, 6.45) is -4.30. The molecule has 2 N–H and O–H groups in total. The van der Waals surface area contributed by atoms with Gasteiger partial charge in [-0.15, -0.1) is 10.2 Å². The maximum Gasteiger partial charge on any atom is 0.442 e. The van der Waals surface area contributed by atoms with Crippen LogP contribution >= 0.6 is 0 Å². The molecule has 1 aliphatic rings. The van der Waals surface area contributed by atoms with Crippen molar-refractivity contribution in [3.8, 4) is 0 Å². The van der Waals surface area contributed by atoms with Crippen molar-refractivity contribution in [2.75, 3.05) is 13.6 Å². The molecule has 0 saturated heterocycles. The van der Waals surface area contributed by atoms with Crippen molar-refractivity contribution in [1.29, 1.82) is 0 Å². The van der Waals surface area contributed by atoms with Gasteiger partial charge in [-0.05, 0) is 23.3 Å². The molecule has 1 aromatic carbocycles. The number of carbonyl (C=O) groups is 1. The smallest absolute Gasteiger partial charge is 0.344 e. The second kappa shape index (κ2) is 7.22. The van der Waals surface area contributed by atoms with E-state index in [4.69, 9.17) is 5.73 Å². The highest BCUT2D eigenvalue weighted by atomic mass is 19.4. The molecule has 0 spiro atoms. The number of rotatable bonds is 6. The Kier molecular flexibility index (Phi) is 5.71. The van der Waals surface area contributed by atoms with Gasteiger partial charge in [-0.2, -0.15) is 13.2 Å². The monoisotopic (exact) mass is 384 g/mol. The average molecular weight is 384 g/mol. The molecule has 0 fully saturated rings. The summed E-state index contributed by atoms with van der Waals surface area (Å²) < 4.78 is 39.1. The molecule has 150 valence electrons. The molecule has 2 rings (SSSR count). The first-order valence-electron chi connectivity index (χ1n) is 8.88. The third-order valence-corrected chi connectivity index (χ3v) is 5.23. The molecule has 1 heterocycles. The molecule has 1 aliphatic heterocycles. The first-order chi connectivity index (χ1) is 12.3. The summed E-state index contributed by atoms with van der Waals surface area (Å²) in [7, 11) is 1.72. The van der Waals surface area contributed by atoms with Crippen molar-refractivity contribution >= 4 is 5.91 Å². The predicted molar refractivity (Wildman–Crippen MR) is 97.0 cm³/mol. The third kappa shape index (κ3) is 4.66. The fourth-order valence-corrected chi connectivity index (χ4v) is 2.71. The van der Waals surface area contributed by atoms with Gasteiger partial charge < -0.3 is 10.6 Å². The van der Waals surface area contributed by atoms with Gasteiger partial charge in [-0.1, -0.05) is 52.0 Å². The molecule has 27 heavy (non-hydrogen) atoms. The van der Waals surface area contributed by atoms with Gasteiger partial charge >= 0.3 is 11.8 Å². The summed E-state index contributed by atoms with van der Waals surface area (Å²) >= 11 is 0. The molecule has 1 aromatic rings. The first kappa shape index (κ1) is 21.3. The fourth-order valence-electron chi connectivity index (χ4n) is 2.71. The second-order valence-corrected chi connectivity index (χ2v) is 8.36. The van der Waals surface area contributed by atoms with Crippen LogP contribution in [-0.4, -0.2) is 36.6 Å². The number of halogens is 3. The Labute approximate surface area is 157 Å². The summed E-state index contributed by atoms with van der Waals surface area (Å²) in [5.41, 5.74) is 4.34. The molecule has 0 radical (unpaired) electrons. The molecule has 2 atom stereocenters. The highest BCUT2D eigenvalue weighted by Gasteiger charge is 2.65. The lowest BCUT2D eigenvalue weighted by Crippen LogP contribution is -2.45. The Morgan fingerprint density at radius 1 is 1.19 bits per heavy atom. The van der Waals surface area contributed by atoms with E-state index in [0.717, 1.165) is 0 Å². The van der Waals surface area contributed by atoms with E-state index in [1.165, 1.54) is 24.3 Å². The third-order valence-electron chi connectivity index (χ3n) is 5.23. The van der Waals surface area contributed by atoms with Crippen LogP contribution in [0.5, 0.6) is 0 Å². The lowest BCUT2D eigenvalue weighted by Gasteiger charge is -2.32. The lowest BCUT2D eigenvalue weighted by molar-refractivity contribution is -0.166. The average Bonchev–Trinajstić information content (AvgIpc) is 3.35. The van der Waals surface area contributed by atoms with Gasteiger partial charge in [0.15, 0.2) is 0 Å². The fraction of sp³-hybridized carbons (Fsp3) is 0.632. The highest BCUT2D eigenvalue weighted by Crippen LogP contribution is 2.52. The number of amides is 1. The van der Waals surface area contributed by atoms with Crippen molar-refractivity contribution in [2.24, 2.45) is 27.3 Å². The number of nitrogens with zero attached hydrogens (tertiary/aromatic N) is 3. The molecule has 0 aliphatic carbocycles. The largest absolute Gasteiger partial charge is 0.442 e. The van der Waals surface area contributed by atoms with E-state index >= 15 is 0 Å². The van der Waals surface area contributed by atoms with Gasteiger partial charge in [0.25, 0.3) is 0 Å². The Bertz CT molecular complexity index is 701. The summed E-state index contributed by atoms with van der Waals surface area (Å²) in [5.74, 6) is 0.108. The van der Waals surface area contributed by atoms with Gasteiger partial charge in [0, 0.05) is 19.2 Å². The Balaban J connectivity index is 1.98. The molecular formula is C19H27F3N4O. The van der Waals surface area contributed by atoms with Gasteiger partial charge in [0.05, 0.1) is 6.04 Å². The van der Waals surface area contributed by atoms with Crippen LogP contribution in [0.25, 0.3) is 0 Å². The van der Waals surface area contributed by atoms with Crippen LogP contribution in [0.1, 0.15) is 38.8 Å². The zero-order valence-corrected chi connectivity index (χ0v) is 16.3. The van der Waals surface area contributed by atoms with Crippen LogP contribution in [0.4, 0.5) is 13.2 Å². The number of nitrogens with two attached hydrogens (primary N) is 1. The molecule has 8 heteroatoms. The maximum absolute atomic E-state index is 13.0. The van der Waals surface area contributed by atoms with Crippen LogP contribution in [0.2, 0.25) is 0 Å². The quantitative estimate of drug-likeness (QED) is 0.809. The minimum atomic E-state index is -4.55. The van der Waals surface area contributed by atoms with E-state index < -0.39 is 17.9 Å². The van der Waals surface area contributed by atoms with Crippen LogP contribution in [0, 0.1) is 11.3 Å². The van der Waals surface area contributed by atoms with Crippen molar-refractivity contribution in [2.45, 2.75) is 52.0 Å². The predicted octanol–water partition coefficient (Wildman–Crippen LogP) is 3.88. The molecular weight excluding hydrogens is 357 g/mol. The summed E-state index contributed by atoms with van der Waals surface area (Å²) in [6.45, 7) is 9.02. The zero-order chi connectivity index (χ0) is 20.6. The SMILES string of the molecule is CC(CN(C)C(=O)C(N)Cc1ccc(C2(C(F)(F)F)N=N2)cc1)C(C)(C)C. The van der Waals surface area contributed by atoms with E-state index in [0.29, 0.717) is 18.0 Å². The standard InChI is InChI=1S/C19H27F3N4O/c1-12(17(2,3)4)11-26(5)16(27)15(23)10-13-6-8-14(9-7-13)18(24-25-18)19(20,21)22/h6-9,12,15H,10-11,23H2,1-5H3. The van der Waals surface area contributed by atoms with E-state index in [9.17, 15) is 18.0 Å². The van der Waals surface area contributed by atoms with Crippen LogP contribution in [0.15, 0.2) is 34.5 Å². The number of likely N-dealkylation sites (N-methyl/N-ethyl adjacent to an activating group) is 1. The van der Waals surface area contributed by atoms with Crippen LogP contribution in [0.3, 0.4) is 0 Å². The first-order valence-corrected chi connectivity index (χ1v) is 8.88. The van der Waals surface area contributed by atoms with E-state index in [2.05, 4.69) is 37.9 Å². The molecule has 5 nitrogen and oxygen atoms in total. The van der Waals surface area contributed by atoms with Crippen LogP contribution in [-0.2, 0) is 16.9 Å². The normalized spacial score (nSPS) is 18.1. The van der Waals surface area contributed by atoms with Crippen LogP contribution < -0.4 is 5.73 Å². The number of carbonyl (C=O) groups excluding carboxylic acids is 1. The molecule has 0 aromatic heterocycles. The molecule has 0 bridgehead atoms. The van der Waals surface area contributed by atoms with Crippen molar-refractivity contribution in [3.05, 3.63) is 35.4 Å². The Morgan fingerprint density at radius 2 is 1.70 bits per heavy atom. The Morgan fingerprint density at radius 3 is 2.11 bits per heavy atom. The molecule has 2 unspecified atom stereocenters. The van der Waals surface area contributed by atoms with E-state index in [1.54, 1.807) is 11.9 Å². The van der Waals surface area contributed by atoms with Crippen molar-refractivity contribution in [3.63, 3.8) is 0 Å². The second-order valence-electron chi connectivity index (χ2n) is 8.36. The number of benzene rings is 1. The summed E-state index contributed by atoms with van der Waals surface area (Å²) in [6, 6.07) is 5.00. The van der Waals surface area contributed by atoms with Crippen molar-refractivity contribution < 1.29 is 18.0 Å². The van der Waals surface area contributed by atoms with Gasteiger partial charge in [-0.25, -0.2) is 0 Å². The maximum atomic E-state index is 13.0. The van der Waals surface area contributed by atoms with Gasteiger partial charge in [0.1, 0.15) is 0 Å². The van der Waals surface area contributed by atoms with E-state index in [-0.39, 0.29) is 23.3 Å².